The lowest BCUT2D eigenvalue weighted by molar-refractivity contribution is -0.155. The van der Waals surface area contributed by atoms with Gasteiger partial charge in [0.2, 0.25) is 0 Å². The monoisotopic (exact) mass is 700 g/mol. The molecule has 3 atom stereocenters. The van der Waals surface area contributed by atoms with Crippen LogP contribution in [0.25, 0.3) is 0 Å². The highest BCUT2D eigenvalue weighted by molar-refractivity contribution is 5.77. The molecule has 50 heavy (non-hydrogen) atoms. The Bertz CT molecular complexity index is 1240. The molecule has 1 N–H and O–H groups in total. The van der Waals surface area contributed by atoms with Gasteiger partial charge in [-0.05, 0) is 120 Å². The average molecular weight is 700 g/mol. The van der Waals surface area contributed by atoms with Crippen LogP contribution >= 0.6 is 0 Å². The van der Waals surface area contributed by atoms with E-state index in [0.29, 0.717) is 25.0 Å². The van der Waals surface area contributed by atoms with Crippen molar-refractivity contribution in [2.75, 3.05) is 6.61 Å². The molecule has 0 saturated heterocycles. The topological polar surface area (TPSA) is 100 Å². The maximum atomic E-state index is 12.8. The lowest BCUT2D eigenvalue weighted by Crippen LogP contribution is -2.37. The van der Waals surface area contributed by atoms with Crippen LogP contribution < -0.4 is 15.0 Å². The average Bonchev–Trinajstić information content (AvgIpc) is 3.90. The summed E-state index contributed by atoms with van der Waals surface area (Å²) < 4.78 is 18.0. The zero-order chi connectivity index (χ0) is 36.7. The fourth-order valence-corrected chi connectivity index (χ4v) is 6.99. The van der Waals surface area contributed by atoms with Gasteiger partial charge in [-0.2, -0.15) is 5.48 Å². The zero-order valence-electron chi connectivity index (χ0n) is 32.8. The number of nitrogens with one attached hydrogen (secondary N) is 1. The number of esters is 2. The molecule has 0 amide bonds. The highest BCUT2D eigenvalue weighted by Gasteiger charge is 2.35. The number of carbonyl (C=O) groups is 3. The fraction of sp³-hybridized carbons (Fsp3) is 0.786. The van der Waals surface area contributed by atoms with Crippen LogP contribution in [-0.2, 0) is 30.4 Å². The Balaban J connectivity index is 1.34. The Kier molecular flexibility index (Phi) is 17.6. The van der Waals surface area contributed by atoms with Crippen molar-refractivity contribution in [2.45, 2.75) is 189 Å². The Hall–Kier alpha value is -2.61. The summed E-state index contributed by atoms with van der Waals surface area (Å²) in [6, 6.07) is 0.261. The third-order valence-corrected chi connectivity index (χ3v) is 10.8. The minimum atomic E-state index is -0.452. The third kappa shape index (κ3) is 14.9. The number of hydrogen-bond acceptors (Lipinski definition) is 8. The number of ether oxygens (including phenoxy) is 3. The normalized spacial score (nSPS) is 18.3. The summed E-state index contributed by atoms with van der Waals surface area (Å²) in [6.07, 6.45) is 17.8. The summed E-state index contributed by atoms with van der Waals surface area (Å²) in [5.41, 5.74) is 6.69. The van der Waals surface area contributed by atoms with Crippen molar-refractivity contribution < 1.29 is 33.4 Å². The summed E-state index contributed by atoms with van der Waals surface area (Å²) in [5, 5.41) is 0. The summed E-state index contributed by atoms with van der Waals surface area (Å²) >= 11 is 0. The molecule has 0 spiro atoms. The highest BCUT2D eigenvalue weighted by atomic mass is 16.7. The second-order valence-electron chi connectivity index (χ2n) is 16.3. The number of rotatable bonds is 24. The first-order valence-electron chi connectivity index (χ1n) is 19.9. The SMILES string of the molecule is Cc1c(C)c2c(c(C)c1OC(=O)CCCCCOC(=O)CCC(=O)ONC1CC1)CCC(C)(CCCC(C)CCCC(C)CCCC(C)C)O2. The van der Waals surface area contributed by atoms with E-state index in [4.69, 9.17) is 19.0 Å². The zero-order valence-corrected chi connectivity index (χ0v) is 32.8. The summed E-state index contributed by atoms with van der Waals surface area (Å²) in [5.74, 6) is 2.94. The van der Waals surface area contributed by atoms with E-state index in [-0.39, 0.29) is 37.1 Å². The second-order valence-corrected chi connectivity index (χ2v) is 16.3. The predicted molar refractivity (Wildman–Crippen MR) is 199 cm³/mol. The molecule has 0 bridgehead atoms. The van der Waals surface area contributed by atoms with E-state index in [1.54, 1.807) is 0 Å². The first-order valence-corrected chi connectivity index (χ1v) is 19.9. The van der Waals surface area contributed by atoms with Crippen LogP contribution in [0.1, 0.15) is 172 Å². The van der Waals surface area contributed by atoms with E-state index in [1.165, 1.54) is 56.9 Å². The van der Waals surface area contributed by atoms with Crippen LogP contribution in [0.5, 0.6) is 11.5 Å². The van der Waals surface area contributed by atoms with Crippen molar-refractivity contribution in [1.29, 1.82) is 0 Å². The minimum Gasteiger partial charge on any atom is -0.487 e. The number of carbonyl (C=O) groups excluding carboxylic acids is 3. The van der Waals surface area contributed by atoms with Crippen LogP contribution in [-0.4, -0.2) is 36.2 Å². The maximum Gasteiger partial charge on any atom is 0.325 e. The summed E-state index contributed by atoms with van der Waals surface area (Å²) in [6.45, 7) is 18.2. The van der Waals surface area contributed by atoms with Crippen LogP contribution in [0, 0.1) is 38.5 Å². The van der Waals surface area contributed by atoms with E-state index in [1.807, 2.05) is 13.8 Å². The second kappa shape index (κ2) is 21.0. The standard InChI is InChI=1S/C42H69NO7/c1-29(2)15-12-16-30(3)17-13-18-31(4)19-14-26-42(8)27-25-36-34(7)40(32(5)33(6)41(36)49-42)48-38(45)20-10-9-11-28-47-37(44)23-24-39(46)50-43-35-21-22-35/h29-31,35,43H,9-28H2,1-8H3. The maximum absolute atomic E-state index is 12.8. The molecule has 0 aromatic heterocycles. The van der Waals surface area contributed by atoms with Crippen LogP contribution in [0.2, 0.25) is 0 Å². The first-order chi connectivity index (χ1) is 23.8. The first kappa shape index (κ1) is 41.8. The van der Waals surface area contributed by atoms with Crippen molar-refractivity contribution in [1.82, 2.24) is 5.48 Å². The molecule has 8 heteroatoms. The van der Waals surface area contributed by atoms with Gasteiger partial charge in [0, 0.05) is 18.0 Å². The number of benzene rings is 1. The molecule has 0 radical (unpaired) electrons. The third-order valence-electron chi connectivity index (χ3n) is 10.8. The quantitative estimate of drug-likeness (QED) is 0.0493. The molecule has 284 valence electrons. The van der Waals surface area contributed by atoms with Gasteiger partial charge in [0.1, 0.15) is 17.1 Å². The van der Waals surface area contributed by atoms with Gasteiger partial charge < -0.3 is 19.0 Å². The molecule has 1 aliphatic carbocycles. The summed E-state index contributed by atoms with van der Waals surface area (Å²) in [4.78, 5) is 41.2. The van der Waals surface area contributed by atoms with Crippen molar-refractivity contribution in [3.8, 4) is 11.5 Å². The van der Waals surface area contributed by atoms with Crippen LogP contribution in [0.4, 0.5) is 0 Å². The van der Waals surface area contributed by atoms with E-state index < -0.39 is 11.9 Å². The lowest BCUT2D eigenvalue weighted by Gasteiger charge is -2.38. The molecule has 1 saturated carbocycles. The van der Waals surface area contributed by atoms with E-state index in [9.17, 15) is 14.4 Å². The van der Waals surface area contributed by atoms with Crippen molar-refractivity contribution in [3.05, 3.63) is 22.3 Å². The van der Waals surface area contributed by atoms with Crippen molar-refractivity contribution >= 4 is 17.9 Å². The van der Waals surface area contributed by atoms with Gasteiger partial charge in [0.05, 0.1) is 19.4 Å². The number of fused-ring (bicyclic) bond motifs is 1. The highest BCUT2D eigenvalue weighted by Crippen LogP contribution is 2.45. The smallest absolute Gasteiger partial charge is 0.325 e. The Morgan fingerprint density at radius 1 is 0.760 bits per heavy atom. The fourth-order valence-electron chi connectivity index (χ4n) is 6.99. The Labute approximate surface area is 303 Å². The van der Waals surface area contributed by atoms with Crippen molar-refractivity contribution in [3.63, 3.8) is 0 Å². The van der Waals surface area contributed by atoms with Crippen LogP contribution in [0.15, 0.2) is 0 Å². The van der Waals surface area contributed by atoms with Crippen LogP contribution in [0.3, 0.4) is 0 Å². The molecule has 8 nitrogen and oxygen atoms in total. The number of unbranched alkanes of at least 4 members (excludes halogenated alkanes) is 2. The predicted octanol–water partition coefficient (Wildman–Crippen LogP) is 10.1. The van der Waals surface area contributed by atoms with E-state index >= 15 is 0 Å². The van der Waals surface area contributed by atoms with Gasteiger partial charge >= 0.3 is 17.9 Å². The molecule has 3 unspecified atom stereocenters. The van der Waals surface area contributed by atoms with Gasteiger partial charge in [-0.25, -0.2) is 0 Å². The van der Waals surface area contributed by atoms with Gasteiger partial charge in [0.15, 0.2) is 0 Å². The minimum absolute atomic E-state index is 0.00153. The van der Waals surface area contributed by atoms with Gasteiger partial charge in [-0.3, -0.25) is 14.4 Å². The Morgan fingerprint density at radius 2 is 1.40 bits per heavy atom. The van der Waals surface area contributed by atoms with Gasteiger partial charge in [-0.15, -0.1) is 0 Å². The lowest BCUT2D eigenvalue weighted by atomic mass is 9.83. The molecule has 1 heterocycles. The van der Waals surface area contributed by atoms with Gasteiger partial charge in [-0.1, -0.05) is 72.6 Å². The molecule has 3 rings (SSSR count). The molecule has 1 aromatic rings. The Morgan fingerprint density at radius 3 is 2.06 bits per heavy atom. The van der Waals surface area contributed by atoms with E-state index in [2.05, 4.69) is 47.0 Å². The molecule has 1 aliphatic heterocycles. The molecule has 1 fully saturated rings. The summed E-state index contributed by atoms with van der Waals surface area (Å²) in [7, 11) is 0. The number of hydrogen-bond donors (Lipinski definition) is 1. The number of hydroxylamine groups is 1. The largest absolute Gasteiger partial charge is 0.487 e. The van der Waals surface area contributed by atoms with E-state index in [0.717, 1.165) is 78.7 Å². The molecular formula is C42H69NO7. The molecular weight excluding hydrogens is 630 g/mol. The molecule has 2 aliphatic rings. The molecule has 1 aromatic carbocycles. The van der Waals surface area contributed by atoms with Crippen molar-refractivity contribution in [2.24, 2.45) is 17.8 Å². The van der Waals surface area contributed by atoms with Gasteiger partial charge in [0.25, 0.3) is 0 Å².